The molecule has 0 heterocycles. The lowest BCUT2D eigenvalue weighted by molar-refractivity contribution is 0.640. The van der Waals surface area contributed by atoms with E-state index >= 15 is 0 Å². The Bertz CT molecular complexity index is 3430. The van der Waals surface area contributed by atoms with Gasteiger partial charge < -0.3 is 0 Å². The van der Waals surface area contributed by atoms with Crippen LogP contribution in [-0.2, 0) is 5.41 Å². The number of amidine groups is 1. The SMILES string of the molecule is C=C(N=C(N=C(C)C1=CCCC=C1)c1ccc(-c2ccc3c(c2)C2(C4=C3C=CC(C3=CCC(c5cccc(C)c5)C=C3)C4)c3ccccc3-c3cccc4cccc2c34)cc1)c1ccccc1. The number of fused-ring (bicyclic) bond motifs is 8. The largest absolute Gasteiger partial charge is 0.233 e. The number of hydrogen-bond donors (Lipinski definition) is 0. The summed E-state index contributed by atoms with van der Waals surface area (Å²) in [6, 6.07) is 58.3. The predicted molar refractivity (Wildman–Crippen MR) is 283 cm³/mol. The molecule has 0 N–H and O–H groups in total. The van der Waals surface area contributed by atoms with E-state index in [1.54, 1.807) is 0 Å². The van der Waals surface area contributed by atoms with Gasteiger partial charge in [-0.15, -0.1) is 0 Å². The Labute approximate surface area is 394 Å². The third kappa shape index (κ3) is 6.94. The van der Waals surface area contributed by atoms with Crippen molar-refractivity contribution in [3.05, 3.63) is 274 Å². The molecule has 2 nitrogen and oxygen atoms in total. The van der Waals surface area contributed by atoms with Crippen molar-refractivity contribution in [3.63, 3.8) is 0 Å². The number of hydrogen-bond acceptors (Lipinski definition) is 1. The summed E-state index contributed by atoms with van der Waals surface area (Å²) in [5, 5.41) is 2.65. The van der Waals surface area contributed by atoms with Crippen molar-refractivity contribution in [3.8, 4) is 22.3 Å². The molecular weight excluding hydrogens is 809 g/mol. The Hall–Kier alpha value is -7.68. The minimum absolute atomic E-state index is 0.278. The molecule has 0 aromatic heterocycles. The van der Waals surface area contributed by atoms with Crippen LogP contribution < -0.4 is 0 Å². The number of allylic oxidation sites excluding steroid dienone is 12. The summed E-state index contributed by atoms with van der Waals surface area (Å²) < 4.78 is 0. The summed E-state index contributed by atoms with van der Waals surface area (Å²) in [7, 11) is 0. The molecule has 0 fully saturated rings. The van der Waals surface area contributed by atoms with E-state index in [2.05, 4.69) is 209 Å². The van der Waals surface area contributed by atoms with Gasteiger partial charge in [0.05, 0.1) is 11.1 Å². The van der Waals surface area contributed by atoms with Crippen molar-refractivity contribution in [2.75, 3.05) is 0 Å². The molecule has 0 bridgehead atoms. The van der Waals surface area contributed by atoms with Crippen molar-refractivity contribution in [2.24, 2.45) is 15.9 Å². The standard InChI is InChI=1S/C65H52N2/c1-42-15-12-22-52(39-42)47-27-29-48(30-28-47)53-35-37-56-57-38-36-54(41-62(57)65(61(56)40-53)59-25-11-10-23-55(59)58-24-13-20-50-21-14-26-60(65)63(50)58)49-31-33-51(34-32-49)64(66-43(2)45-16-6-4-7-17-45)67-44(3)46-18-8-5-9-19-46/h4,6-8,10-27,29-39,41,47,53H,2,5,9,28,40H2,1,3H3. The fraction of sp³-hybridized carbons (Fsp3) is 0.138. The van der Waals surface area contributed by atoms with Gasteiger partial charge in [-0.1, -0.05) is 212 Å². The van der Waals surface area contributed by atoms with Gasteiger partial charge in [0.15, 0.2) is 5.84 Å². The van der Waals surface area contributed by atoms with E-state index in [1.807, 2.05) is 18.2 Å². The monoisotopic (exact) mass is 860 g/mol. The maximum absolute atomic E-state index is 5.17. The lowest BCUT2D eigenvalue weighted by Crippen LogP contribution is -2.34. The van der Waals surface area contributed by atoms with Gasteiger partial charge in [0.1, 0.15) is 0 Å². The van der Waals surface area contributed by atoms with Crippen LogP contribution in [0.2, 0.25) is 0 Å². The van der Waals surface area contributed by atoms with Crippen LogP contribution in [-0.4, -0.2) is 11.5 Å². The Morgan fingerprint density at radius 3 is 2.16 bits per heavy atom. The minimum Gasteiger partial charge on any atom is -0.233 e. The molecule has 2 heteroatoms. The van der Waals surface area contributed by atoms with Crippen LogP contribution in [0.4, 0.5) is 0 Å². The Balaban J connectivity index is 0.967. The van der Waals surface area contributed by atoms with Crippen molar-refractivity contribution in [1.82, 2.24) is 0 Å². The van der Waals surface area contributed by atoms with Gasteiger partial charge in [-0.2, -0.15) is 0 Å². The highest BCUT2D eigenvalue weighted by atomic mass is 14.9. The van der Waals surface area contributed by atoms with Gasteiger partial charge in [-0.25, -0.2) is 9.98 Å². The molecule has 5 aliphatic rings. The van der Waals surface area contributed by atoms with Gasteiger partial charge in [0.25, 0.3) is 0 Å². The normalized spacial score (nSPS) is 20.4. The maximum atomic E-state index is 5.17. The summed E-state index contributed by atoms with van der Waals surface area (Å²) in [5.41, 5.74) is 21.7. The van der Waals surface area contributed by atoms with Crippen molar-refractivity contribution >= 4 is 33.6 Å². The first-order valence-electron chi connectivity index (χ1n) is 23.9. The van der Waals surface area contributed by atoms with Gasteiger partial charge >= 0.3 is 0 Å². The molecule has 7 aromatic carbocycles. The van der Waals surface area contributed by atoms with Crippen LogP contribution in [0.3, 0.4) is 0 Å². The highest BCUT2D eigenvalue weighted by molar-refractivity contribution is 6.14. The highest BCUT2D eigenvalue weighted by Gasteiger charge is 2.52. The number of rotatable bonds is 7. The van der Waals surface area contributed by atoms with Gasteiger partial charge in [0, 0.05) is 23.1 Å². The van der Waals surface area contributed by atoms with E-state index in [-0.39, 0.29) is 5.92 Å². The van der Waals surface area contributed by atoms with Crippen molar-refractivity contribution in [2.45, 2.75) is 50.9 Å². The second kappa shape index (κ2) is 16.6. The smallest absolute Gasteiger partial charge is 0.160 e. The molecule has 0 saturated heterocycles. The van der Waals surface area contributed by atoms with E-state index in [9.17, 15) is 0 Å². The summed E-state index contributed by atoms with van der Waals surface area (Å²) in [4.78, 5) is 10.3. The highest BCUT2D eigenvalue weighted by Crippen LogP contribution is 2.63. The summed E-state index contributed by atoms with van der Waals surface area (Å²) in [6.45, 7) is 8.64. The molecule has 7 aromatic rings. The number of nitrogens with zero attached hydrogens (tertiary/aromatic N) is 2. The van der Waals surface area contributed by atoms with E-state index in [1.165, 1.54) is 77.6 Å². The van der Waals surface area contributed by atoms with E-state index in [0.29, 0.717) is 17.5 Å². The Morgan fingerprint density at radius 1 is 0.597 bits per heavy atom. The zero-order valence-corrected chi connectivity index (χ0v) is 38.2. The zero-order valence-electron chi connectivity index (χ0n) is 38.2. The zero-order chi connectivity index (χ0) is 45.1. The lowest BCUT2D eigenvalue weighted by Gasteiger charge is -2.42. The average molecular weight is 861 g/mol. The second-order valence-electron chi connectivity index (χ2n) is 18.8. The molecule has 3 unspecified atom stereocenters. The molecule has 0 amide bonds. The third-order valence-electron chi connectivity index (χ3n) is 14.9. The quantitative estimate of drug-likeness (QED) is 0.113. The van der Waals surface area contributed by atoms with Gasteiger partial charge in [0.2, 0.25) is 0 Å². The predicted octanol–water partition coefficient (Wildman–Crippen LogP) is 16.3. The van der Waals surface area contributed by atoms with E-state index < -0.39 is 5.41 Å². The first-order valence-corrected chi connectivity index (χ1v) is 23.9. The fourth-order valence-electron chi connectivity index (χ4n) is 11.6. The molecule has 322 valence electrons. The summed E-state index contributed by atoms with van der Waals surface area (Å²) in [6.07, 6.45) is 23.0. The molecule has 0 saturated carbocycles. The van der Waals surface area contributed by atoms with Crippen LogP contribution >= 0.6 is 0 Å². The summed E-state index contributed by atoms with van der Waals surface area (Å²) >= 11 is 0. The molecule has 5 aliphatic carbocycles. The molecule has 1 spiro atoms. The first-order chi connectivity index (χ1) is 32.9. The molecule has 67 heavy (non-hydrogen) atoms. The molecule has 0 aliphatic heterocycles. The fourth-order valence-corrected chi connectivity index (χ4v) is 11.6. The van der Waals surface area contributed by atoms with Crippen molar-refractivity contribution < 1.29 is 0 Å². The Kier molecular flexibility index (Phi) is 10.1. The van der Waals surface area contributed by atoms with E-state index in [4.69, 9.17) is 9.98 Å². The molecule has 0 radical (unpaired) electrons. The van der Waals surface area contributed by atoms with Gasteiger partial charge in [-0.3, -0.25) is 0 Å². The lowest BCUT2D eigenvalue weighted by atomic mass is 9.59. The number of aliphatic imine (C=N–C) groups is 2. The topological polar surface area (TPSA) is 24.7 Å². The van der Waals surface area contributed by atoms with Crippen LogP contribution in [0.15, 0.2) is 240 Å². The minimum atomic E-state index is -0.469. The Morgan fingerprint density at radius 2 is 1.36 bits per heavy atom. The molecular formula is C65H52N2. The van der Waals surface area contributed by atoms with Crippen LogP contribution in [0.1, 0.15) is 83.0 Å². The number of aryl methyl sites for hydroxylation is 1. The molecule has 3 atom stereocenters. The van der Waals surface area contributed by atoms with Gasteiger partial charge in [-0.05, 0) is 134 Å². The summed E-state index contributed by atoms with van der Waals surface area (Å²) in [5.74, 6) is 1.34. The third-order valence-corrected chi connectivity index (χ3v) is 14.9. The van der Waals surface area contributed by atoms with Crippen LogP contribution in [0, 0.1) is 12.8 Å². The van der Waals surface area contributed by atoms with Crippen LogP contribution in [0.25, 0.3) is 44.3 Å². The second-order valence-corrected chi connectivity index (χ2v) is 18.8. The average Bonchev–Trinajstić information content (AvgIpc) is 3.67. The van der Waals surface area contributed by atoms with Crippen molar-refractivity contribution in [1.29, 1.82) is 0 Å². The van der Waals surface area contributed by atoms with Crippen LogP contribution in [0.5, 0.6) is 0 Å². The first kappa shape index (κ1) is 40.8. The van der Waals surface area contributed by atoms with E-state index in [0.717, 1.165) is 53.7 Å². The number of benzene rings is 7. The maximum Gasteiger partial charge on any atom is 0.160 e. The molecule has 12 rings (SSSR count).